The van der Waals surface area contributed by atoms with E-state index in [4.69, 9.17) is 4.89 Å². The first-order valence-electron chi connectivity index (χ1n) is 2.79. The van der Waals surface area contributed by atoms with Gasteiger partial charge in [-0.25, -0.2) is 0 Å². The lowest BCUT2D eigenvalue weighted by atomic mass is 10.4. The molecule has 0 aliphatic rings. The van der Waals surface area contributed by atoms with Crippen LogP contribution in [0.1, 0.15) is 6.92 Å². The Labute approximate surface area is 60.6 Å². The molecule has 0 aliphatic heterocycles. The van der Waals surface area contributed by atoms with E-state index in [-0.39, 0.29) is 0 Å². The van der Waals surface area contributed by atoms with E-state index in [1.165, 1.54) is 6.08 Å². The summed E-state index contributed by atoms with van der Waals surface area (Å²) in [6, 6.07) is 0. The lowest BCUT2D eigenvalue weighted by Crippen LogP contribution is -1.99. The molecule has 0 saturated heterocycles. The molecule has 10 heavy (non-hydrogen) atoms. The van der Waals surface area contributed by atoms with Crippen molar-refractivity contribution >= 4 is 7.60 Å². The molecule has 4 heteroatoms. The maximum atomic E-state index is 10.7. The Balaban J connectivity index is 4.00. The minimum absolute atomic E-state index is 0.422. The van der Waals surface area contributed by atoms with E-state index in [1.807, 2.05) is 0 Å². The van der Waals surface area contributed by atoms with E-state index in [0.717, 1.165) is 5.82 Å². The van der Waals surface area contributed by atoms with Gasteiger partial charge in [0.25, 0.3) is 0 Å². The molecule has 0 radical (unpaired) electrons. The van der Waals surface area contributed by atoms with Crippen LogP contribution < -0.4 is 0 Å². The van der Waals surface area contributed by atoms with Crippen molar-refractivity contribution < 1.29 is 14.0 Å². The summed E-state index contributed by atoms with van der Waals surface area (Å²) in [6.07, 6.45) is 1.01. The summed E-state index contributed by atoms with van der Waals surface area (Å²) in [4.78, 5) is 8.79. The Bertz CT molecular complexity index is 176. The average Bonchev–Trinajstić information content (AvgIpc) is 1.87. The van der Waals surface area contributed by atoms with Gasteiger partial charge in [-0.1, -0.05) is 12.7 Å². The third-order valence-electron chi connectivity index (χ3n) is 0.880. The van der Waals surface area contributed by atoms with E-state index in [1.54, 1.807) is 6.92 Å². The molecule has 0 saturated carbocycles. The second-order valence-electron chi connectivity index (χ2n) is 1.79. The van der Waals surface area contributed by atoms with Gasteiger partial charge in [-0.2, -0.15) is 0 Å². The molecule has 0 aromatic heterocycles. The summed E-state index contributed by atoms with van der Waals surface area (Å²) in [5.74, 6) is 0.896. The van der Waals surface area contributed by atoms with Gasteiger partial charge in [-0.05, 0) is 6.92 Å². The van der Waals surface area contributed by atoms with Crippen LogP contribution in [0.15, 0.2) is 25.1 Å². The highest BCUT2D eigenvalue weighted by Gasteiger charge is 2.15. The van der Waals surface area contributed by atoms with Crippen LogP contribution in [0.3, 0.4) is 0 Å². The van der Waals surface area contributed by atoms with Crippen LogP contribution in [0.5, 0.6) is 0 Å². The fraction of sp³-hybridized carbons (Fsp3) is 0.333. The molecule has 2 atom stereocenters. The second kappa shape index (κ2) is 3.71. The fourth-order valence-corrected chi connectivity index (χ4v) is 0.973. The molecular formula is C6H11O3P. The Morgan fingerprint density at radius 1 is 1.70 bits per heavy atom. The van der Waals surface area contributed by atoms with Crippen molar-refractivity contribution in [3.05, 3.63) is 25.1 Å². The van der Waals surface area contributed by atoms with Crippen LogP contribution in [-0.2, 0) is 9.09 Å². The highest BCUT2D eigenvalue weighted by atomic mass is 31.2. The zero-order chi connectivity index (χ0) is 8.20. The predicted molar refractivity (Wildman–Crippen MR) is 40.8 cm³/mol. The van der Waals surface area contributed by atoms with Crippen molar-refractivity contribution in [2.75, 3.05) is 0 Å². The lowest BCUT2D eigenvalue weighted by Gasteiger charge is -2.10. The Kier molecular flexibility index (Phi) is 3.58. The van der Waals surface area contributed by atoms with Gasteiger partial charge in [0.2, 0.25) is 0 Å². The standard InChI is InChI=1S/C6H11O3P/c1-4-6(3)9-10(7,8)5-2/h4-6H,1-2H2,3H3,(H,7,8). The molecule has 0 amide bonds. The molecule has 0 fully saturated rings. The summed E-state index contributed by atoms with van der Waals surface area (Å²) in [6.45, 7) is 8.16. The van der Waals surface area contributed by atoms with Gasteiger partial charge < -0.3 is 4.89 Å². The SMILES string of the molecule is C=CC(C)OP(=O)(O)C=C. The van der Waals surface area contributed by atoms with Crippen LogP contribution in [0.2, 0.25) is 0 Å². The van der Waals surface area contributed by atoms with E-state index in [2.05, 4.69) is 17.7 Å². The maximum Gasteiger partial charge on any atom is 0.351 e. The Morgan fingerprint density at radius 3 is 2.50 bits per heavy atom. The maximum absolute atomic E-state index is 10.7. The quantitative estimate of drug-likeness (QED) is 0.507. The molecular weight excluding hydrogens is 151 g/mol. The van der Waals surface area contributed by atoms with Gasteiger partial charge in [0.05, 0.1) is 6.10 Å². The number of hydrogen-bond acceptors (Lipinski definition) is 2. The van der Waals surface area contributed by atoms with Gasteiger partial charge in [-0.3, -0.25) is 9.09 Å². The number of hydrogen-bond donors (Lipinski definition) is 1. The minimum Gasteiger partial charge on any atom is -0.321 e. The first kappa shape index (κ1) is 9.63. The third-order valence-corrected chi connectivity index (χ3v) is 1.98. The summed E-state index contributed by atoms with van der Waals surface area (Å²) >= 11 is 0. The van der Waals surface area contributed by atoms with E-state index in [9.17, 15) is 4.57 Å². The van der Waals surface area contributed by atoms with Crippen LogP contribution >= 0.6 is 7.60 Å². The molecule has 3 nitrogen and oxygen atoms in total. The van der Waals surface area contributed by atoms with Crippen LogP contribution in [0.25, 0.3) is 0 Å². The summed E-state index contributed by atoms with van der Waals surface area (Å²) in [7, 11) is -3.55. The molecule has 0 aliphatic carbocycles. The predicted octanol–water partition coefficient (Wildman–Crippen LogP) is 1.91. The highest BCUT2D eigenvalue weighted by Crippen LogP contribution is 2.44. The fourth-order valence-electron chi connectivity index (χ4n) is 0.324. The molecule has 1 N–H and O–H groups in total. The summed E-state index contributed by atoms with van der Waals surface area (Å²) in [5.41, 5.74) is 0. The molecule has 2 unspecified atom stereocenters. The van der Waals surface area contributed by atoms with E-state index >= 15 is 0 Å². The minimum atomic E-state index is -3.55. The zero-order valence-electron chi connectivity index (χ0n) is 5.86. The number of rotatable bonds is 4. The van der Waals surface area contributed by atoms with Crippen molar-refractivity contribution in [2.24, 2.45) is 0 Å². The summed E-state index contributed by atoms with van der Waals surface area (Å²) in [5, 5.41) is 0. The van der Waals surface area contributed by atoms with E-state index < -0.39 is 13.7 Å². The lowest BCUT2D eigenvalue weighted by molar-refractivity contribution is 0.233. The average molecular weight is 162 g/mol. The van der Waals surface area contributed by atoms with Gasteiger partial charge in [0, 0.05) is 5.82 Å². The van der Waals surface area contributed by atoms with Gasteiger partial charge >= 0.3 is 7.60 Å². The molecule has 58 valence electrons. The first-order chi connectivity index (χ1) is 4.52. The van der Waals surface area contributed by atoms with E-state index in [0.29, 0.717) is 0 Å². The van der Waals surface area contributed by atoms with Crippen LogP contribution in [0, 0.1) is 0 Å². The summed E-state index contributed by atoms with van der Waals surface area (Å²) < 4.78 is 15.3. The van der Waals surface area contributed by atoms with Gasteiger partial charge in [-0.15, -0.1) is 6.58 Å². The monoisotopic (exact) mass is 162 g/mol. The zero-order valence-corrected chi connectivity index (χ0v) is 6.75. The smallest absolute Gasteiger partial charge is 0.321 e. The van der Waals surface area contributed by atoms with Crippen molar-refractivity contribution in [1.29, 1.82) is 0 Å². The first-order valence-corrected chi connectivity index (χ1v) is 4.43. The van der Waals surface area contributed by atoms with Gasteiger partial charge in [0.15, 0.2) is 0 Å². The largest absolute Gasteiger partial charge is 0.351 e. The molecule has 0 heterocycles. The van der Waals surface area contributed by atoms with Gasteiger partial charge in [0.1, 0.15) is 0 Å². The highest BCUT2D eigenvalue weighted by molar-refractivity contribution is 7.56. The van der Waals surface area contributed by atoms with Crippen LogP contribution in [0.4, 0.5) is 0 Å². The molecule has 0 aromatic rings. The topological polar surface area (TPSA) is 46.5 Å². The van der Waals surface area contributed by atoms with Crippen molar-refractivity contribution in [3.8, 4) is 0 Å². The van der Waals surface area contributed by atoms with Crippen LogP contribution in [-0.4, -0.2) is 11.0 Å². The third kappa shape index (κ3) is 3.62. The molecule has 0 bridgehead atoms. The Morgan fingerprint density at radius 2 is 2.20 bits per heavy atom. The second-order valence-corrected chi connectivity index (χ2v) is 3.50. The van der Waals surface area contributed by atoms with Crippen molar-refractivity contribution in [2.45, 2.75) is 13.0 Å². The molecule has 0 aromatic carbocycles. The van der Waals surface area contributed by atoms with Crippen molar-refractivity contribution in [1.82, 2.24) is 0 Å². The Hall–Kier alpha value is -0.370. The normalized spacial score (nSPS) is 19.0. The molecule has 0 rings (SSSR count). The van der Waals surface area contributed by atoms with Crippen molar-refractivity contribution in [3.63, 3.8) is 0 Å². The molecule has 0 spiro atoms.